The summed E-state index contributed by atoms with van der Waals surface area (Å²) in [6, 6.07) is 5.98. The lowest BCUT2D eigenvalue weighted by Crippen LogP contribution is -2.39. The fraction of sp³-hybridized carbons (Fsp3) is 0.571. The van der Waals surface area contributed by atoms with Crippen LogP contribution in [0.2, 0.25) is 0 Å². The minimum atomic E-state index is -0.463. The standard InChI is InChI=1S/C14H21NO2/c1-14(2)7-12(16)13(15)10-6-9(8-17-3)4-5-11(10)14/h4-6,12-13,16H,7-8,15H2,1-3H3/t12-,13-/m1/s1. The Morgan fingerprint density at radius 3 is 2.82 bits per heavy atom. The predicted octanol–water partition coefficient (Wildman–Crippen LogP) is 1.88. The number of hydrogen-bond donors (Lipinski definition) is 2. The summed E-state index contributed by atoms with van der Waals surface area (Å²) in [6.45, 7) is 4.88. The van der Waals surface area contributed by atoms with Gasteiger partial charge in [0.2, 0.25) is 0 Å². The van der Waals surface area contributed by atoms with Gasteiger partial charge in [-0.25, -0.2) is 0 Å². The quantitative estimate of drug-likeness (QED) is 0.823. The van der Waals surface area contributed by atoms with Crippen molar-refractivity contribution in [2.45, 2.75) is 44.4 Å². The molecule has 17 heavy (non-hydrogen) atoms. The second-order valence-corrected chi connectivity index (χ2v) is 5.54. The van der Waals surface area contributed by atoms with Gasteiger partial charge in [0.15, 0.2) is 0 Å². The molecule has 0 fully saturated rings. The molecule has 1 aliphatic rings. The van der Waals surface area contributed by atoms with E-state index in [1.54, 1.807) is 7.11 Å². The maximum absolute atomic E-state index is 10.0. The van der Waals surface area contributed by atoms with Gasteiger partial charge in [-0.1, -0.05) is 32.0 Å². The van der Waals surface area contributed by atoms with E-state index in [1.165, 1.54) is 5.56 Å². The van der Waals surface area contributed by atoms with Crippen LogP contribution >= 0.6 is 0 Å². The molecule has 3 heteroatoms. The number of methoxy groups -OCH3 is 1. The summed E-state index contributed by atoms with van der Waals surface area (Å²) in [5.41, 5.74) is 9.48. The van der Waals surface area contributed by atoms with E-state index in [2.05, 4.69) is 32.0 Å². The Balaban J connectivity index is 2.47. The summed E-state index contributed by atoms with van der Waals surface area (Å²) < 4.78 is 5.13. The van der Waals surface area contributed by atoms with E-state index in [0.717, 1.165) is 11.1 Å². The Labute approximate surface area is 103 Å². The average Bonchev–Trinajstić information content (AvgIpc) is 2.26. The molecule has 0 radical (unpaired) electrons. The van der Waals surface area contributed by atoms with Gasteiger partial charge < -0.3 is 15.6 Å². The third-order valence-electron chi connectivity index (χ3n) is 3.65. The molecule has 0 heterocycles. The molecular weight excluding hydrogens is 214 g/mol. The number of ether oxygens (including phenoxy) is 1. The monoisotopic (exact) mass is 235 g/mol. The zero-order valence-electron chi connectivity index (χ0n) is 10.7. The average molecular weight is 235 g/mol. The smallest absolute Gasteiger partial charge is 0.0741 e. The second kappa shape index (κ2) is 4.41. The molecule has 0 aromatic heterocycles. The molecule has 0 aliphatic heterocycles. The van der Waals surface area contributed by atoms with Gasteiger partial charge >= 0.3 is 0 Å². The molecule has 2 atom stereocenters. The summed E-state index contributed by atoms with van der Waals surface area (Å²) in [5, 5.41) is 10.0. The van der Waals surface area contributed by atoms with E-state index in [0.29, 0.717) is 13.0 Å². The van der Waals surface area contributed by atoms with Gasteiger partial charge in [0.25, 0.3) is 0 Å². The summed E-state index contributed by atoms with van der Waals surface area (Å²) in [7, 11) is 1.68. The van der Waals surface area contributed by atoms with Gasteiger partial charge in [-0.3, -0.25) is 0 Å². The van der Waals surface area contributed by atoms with Crippen molar-refractivity contribution in [3.8, 4) is 0 Å². The highest BCUT2D eigenvalue weighted by Gasteiger charge is 2.36. The zero-order valence-corrected chi connectivity index (χ0v) is 10.7. The molecule has 0 saturated heterocycles. The molecule has 0 bridgehead atoms. The van der Waals surface area contributed by atoms with Crippen LogP contribution in [0, 0.1) is 0 Å². The number of aliphatic hydroxyl groups is 1. The van der Waals surface area contributed by atoms with Crippen molar-refractivity contribution < 1.29 is 9.84 Å². The van der Waals surface area contributed by atoms with Crippen molar-refractivity contribution in [3.63, 3.8) is 0 Å². The normalized spacial score (nSPS) is 26.6. The number of nitrogens with two attached hydrogens (primary N) is 1. The molecule has 3 nitrogen and oxygen atoms in total. The van der Waals surface area contributed by atoms with E-state index in [4.69, 9.17) is 10.5 Å². The number of hydrogen-bond acceptors (Lipinski definition) is 3. The highest BCUT2D eigenvalue weighted by molar-refractivity contribution is 5.41. The first kappa shape index (κ1) is 12.6. The molecule has 2 rings (SSSR count). The van der Waals surface area contributed by atoms with E-state index in [9.17, 15) is 5.11 Å². The van der Waals surface area contributed by atoms with Crippen LogP contribution in [0.1, 0.15) is 43.0 Å². The highest BCUT2D eigenvalue weighted by Crippen LogP contribution is 2.41. The number of benzene rings is 1. The van der Waals surface area contributed by atoms with Crippen molar-refractivity contribution in [3.05, 3.63) is 34.9 Å². The molecule has 1 aliphatic carbocycles. The number of aliphatic hydroxyl groups excluding tert-OH is 1. The van der Waals surface area contributed by atoms with Crippen molar-refractivity contribution in [2.24, 2.45) is 5.73 Å². The van der Waals surface area contributed by atoms with Crippen LogP contribution in [0.15, 0.2) is 18.2 Å². The largest absolute Gasteiger partial charge is 0.391 e. The zero-order chi connectivity index (χ0) is 12.6. The first-order valence-corrected chi connectivity index (χ1v) is 6.01. The third kappa shape index (κ3) is 2.23. The lowest BCUT2D eigenvalue weighted by atomic mass is 9.69. The van der Waals surface area contributed by atoms with Crippen LogP contribution in [0.3, 0.4) is 0 Å². The molecule has 3 N–H and O–H groups in total. The molecule has 1 aromatic rings. The van der Waals surface area contributed by atoms with Crippen molar-refractivity contribution in [1.82, 2.24) is 0 Å². The van der Waals surface area contributed by atoms with Gasteiger partial charge in [-0.2, -0.15) is 0 Å². The summed E-state index contributed by atoms with van der Waals surface area (Å²) >= 11 is 0. The van der Waals surface area contributed by atoms with E-state index < -0.39 is 6.10 Å². The number of fused-ring (bicyclic) bond motifs is 1. The minimum Gasteiger partial charge on any atom is -0.391 e. The highest BCUT2D eigenvalue weighted by atomic mass is 16.5. The van der Waals surface area contributed by atoms with Crippen LogP contribution in [-0.4, -0.2) is 18.3 Å². The van der Waals surface area contributed by atoms with Crippen LogP contribution in [0.4, 0.5) is 0 Å². The topological polar surface area (TPSA) is 55.5 Å². The van der Waals surface area contributed by atoms with Gasteiger partial charge in [0.05, 0.1) is 18.8 Å². The lowest BCUT2D eigenvalue weighted by molar-refractivity contribution is 0.0992. The van der Waals surface area contributed by atoms with Gasteiger partial charge in [-0.05, 0) is 28.5 Å². The fourth-order valence-electron chi connectivity index (χ4n) is 2.73. The summed E-state index contributed by atoms with van der Waals surface area (Å²) in [5.74, 6) is 0. The maximum Gasteiger partial charge on any atom is 0.0741 e. The predicted molar refractivity (Wildman–Crippen MR) is 67.7 cm³/mol. The molecule has 1 aromatic carbocycles. The Bertz CT molecular complexity index is 415. The van der Waals surface area contributed by atoms with Gasteiger partial charge in [-0.15, -0.1) is 0 Å². The van der Waals surface area contributed by atoms with E-state index >= 15 is 0 Å². The molecule has 0 unspecified atom stereocenters. The van der Waals surface area contributed by atoms with E-state index in [1.807, 2.05) is 0 Å². The van der Waals surface area contributed by atoms with Crippen molar-refractivity contribution in [1.29, 1.82) is 0 Å². The van der Waals surface area contributed by atoms with Crippen molar-refractivity contribution in [2.75, 3.05) is 7.11 Å². The Morgan fingerprint density at radius 1 is 1.47 bits per heavy atom. The Hall–Kier alpha value is -0.900. The van der Waals surface area contributed by atoms with Crippen LogP contribution < -0.4 is 5.73 Å². The Morgan fingerprint density at radius 2 is 2.18 bits per heavy atom. The first-order valence-electron chi connectivity index (χ1n) is 6.01. The number of rotatable bonds is 2. The molecule has 0 spiro atoms. The third-order valence-corrected chi connectivity index (χ3v) is 3.65. The minimum absolute atomic E-state index is 0.0176. The van der Waals surface area contributed by atoms with Gasteiger partial charge in [0.1, 0.15) is 0 Å². The van der Waals surface area contributed by atoms with Crippen LogP contribution in [-0.2, 0) is 16.8 Å². The van der Waals surface area contributed by atoms with E-state index in [-0.39, 0.29) is 11.5 Å². The molecule has 94 valence electrons. The SMILES string of the molecule is COCc1ccc2c(c1)[C@@H](N)[C@H](O)CC2(C)C. The lowest BCUT2D eigenvalue weighted by Gasteiger charge is -2.39. The van der Waals surface area contributed by atoms with Crippen LogP contribution in [0.25, 0.3) is 0 Å². The fourth-order valence-corrected chi connectivity index (χ4v) is 2.73. The maximum atomic E-state index is 10.0. The summed E-state index contributed by atoms with van der Waals surface area (Å²) in [6.07, 6.45) is 0.250. The van der Waals surface area contributed by atoms with Gasteiger partial charge in [0, 0.05) is 7.11 Å². The van der Waals surface area contributed by atoms with Crippen LogP contribution in [0.5, 0.6) is 0 Å². The van der Waals surface area contributed by atoms with Crippen molar-refractivity contribution >= 4 is 0 Å². The second-order valence-electron chi connectivity index (χ2n) is 5.54. The molecular formula is C14H21NO2. The summed E-state index contributed by atoms with van der Waals surface area (Å²) in [4.78, 5) is 0. The molecule has 0 amide bonds. The molecule has 0 saturated carbocycles. The Kier molecular flexibility index (Phi) is 3.25. The first-order chi connectivity index (χ1) is 7.95.